The van der Waals surface area contributed by atoms with Gasteiger partial charge >= 0.3 is 0 Å². The monoisotopic (exact) mass is 307 g/mol. The lowest BCUT2D eigenvalue weighted by Gasteiger charge is -2.15. The van der Waals surface area contributed by atoms with Gasteiger partial charge in [-0.3, -0.25) is 0 Å². The second-order valence-electron chi connectivity index (χ2n) is 4.34. The van der Waals surface area contributed by atoms with Crippen molar-refractivity contribution >= 4 is 15.9 Å². The molecule has 3 nitrogen and oxygen atoms in total. The maximum atomic E-state index is 4.24. The van der Waals surface area contributed by atoms with E-state index < -0.39 is 0 Å². The van der Waals surface area contributed by atoms with E-state index >= 15 is 0 Å². The third kappa shape index (κ3) is 3.00. The van der Waals surface area contributed by atoms with Crippen molar-refractivity contribution in [1.82, 2.24) is 15.1 Å². The van der Waals surface area contributed by atoms with Crippen molar-refractivity contribution in [2.45, 2.75) is 26.3 Å². The maximum absolute atomic E-state index is 4.24. The molecule has 1 atom stereocenters. The van der Waals surface area contributed by atoms with Gasteiger partial charge in [0.05, 0.1) is 5.69 Å². The van der Waals surface area contributed by atoms with Crippen molar-refractivity contribution < 1.29 is 0 Å². The first-order chi connectivity index (χ1) is 8.72. The molecule has 0 bridgehead atoms. The summed E-state index contributed by atoms with van der Waals surface area (Å²) >= 11 is 3.62. The fourth-order valence-electron chi connectivity index (χ4n) is 1.87. The lowest BCUT2D eigenvalue weighted by Crippen LogP contribution is -2.19. The van der Waals surface area contributed by atoms with E-state index in [1.807, 2.05) is 16.9 Å². The predicted octanol–water partition coefficient (Wildman–Crippen LogP) is 3.70. The topological polar surface area (TPSA) is 29.9 Å². The maximum Gasteiger partial charge on any atom is 0.0787 e. The van der Waals surface area contributed by atoms with Crippen molar-refractivity contribution in [1.29, 1.82) is 0 Å². The standard InChI is InChI=1S/C14H18BrN3/c1-3-7-16-11(2)12-5-6-14(13(15)10-12)18-9-4-8-17-18/h4-6,8-11,16H,3,7H2,1-2H3. The molecule has 1 aromatic heterocycles. The molecule has 96 valence electrons. The molecule has 0 aliphatic rings. The zero-order valence-corrected chi connectivity index (χ0v) is 12.3. The van der Waals surface area contributed by atoms with Crippen LogP contribution in [-0.2, 0) is 0 Å². The van der Waals surface area contributed by atoms with Crippen LogP contribution in [-0.4, -0.2) is 16.3 Å². The second kappa shape index (κ2) is 6.16. The molecule has 1 aromatic carbocycles. The first-order valence-electron chi connectivity index (χ1n) is 6.25. The molecule has 18 heavy (non-hydrogen) atoms. The van der Waals surface area contributed by atoms with Gasteiger partial charge in [-0.05, 0) is 59.6 Å². The first kappa shape index (κ1) is 13.3. The molecular formula is C14H18BrN3. The van der Waals surface area contributed by atoms with Gasteiger partial charge in [0.25, 0.3) is 0 Å². The number of rotatable bonds is 5. The summed E-state index contributed by atoms with van der Waals surface area (Å²) < 4.78 is 2.92. The Kier molecular flexibility index (Phi) is 4.55. The molecule has 0 aliphatic heterocycles. The molecule has 2 aromatic rings. The molecule has 0 amide bonds. The summed E-state index contributed by atoms with van der Waals surface area (Å²) in [5.41, 5.74) is 2.35. The Balaban J connectivity index is 2.20. The molecule has 0 saturated heterocycles. The Morgan fingerprint density at radius 1 is 1.44 bits per heavy atom. The average Bonchev–Trinajstić information content (AvgIpc) is 2.89. The van der Waals surface area contributed by atoms with Crippen molar-refractivity contribution in [3.8, 4) is 5.69 Å². The summed E-state index contributed by atoms with van der Waals surface area (Å²) in [5.74, 6) is 0. The quantitative estimate of drug-likeness (QED) is 0.913. The molecule has 1 N–H and O–H groups in total. The third-order valence-corrected chi connectivity index (χ3v) is 3.56. The zero-order valence-electron chi connectivity index (χ0n) is 10.7. The first-order valence-corrected chi connectivity index (χ1v) is 7.04. The van der Waals surface area contributed by atoms with E-state index in [9.17, 15) is 0 Å². The highest BCUT2D eigenvalue weighted by Gasteiger charge is 2.08. The summed E-state index contributed by atoms with van der Waals surface area (Å²) in [6.45, 7) is 5.40. The van der Waals surface area contributed by atoms with Crippen LogP contribution in [0, 0.1) is 0 Å². The zero-order chi connectivity index (χ0) is 13.0. The SMILES string of the molecule is CCCNC(C)c1ccc(-n2cccn2)c(Br)c1. The Labute approximate surface area is 116 Å². The average molecular weight is 308 g/mol. The number of nitrogens with one attached hydrogen (secondary N) is 1. The summed E-state index contributed by atoms with van der Waals surface area (Å²) in [7, 11) is 0. The minimum absolute atomic E-state index is 0.368. The van der Waals surface area contributed by atoms with Gasteiger partial charge in [-0.15, -0.1) is 0 Å². The number of aromatic nitrogens is 2. The molecule has 0 saturated carbocycles. The summed E-state index contributed by atoms with van der Waals surface area (Å²) in [6, 6.07) is 8.69. The van der Waals surface area contributed by atoms with Gasteiger partial charge in [0.15, 0.2) is 0 Å². The molecule has 1 heterocycles. The Morgan fingerprint density at radius 3 is 2.89 bits per heavy atom. The molecule has 0 radical (unpaired) electrons. The van der Waals surface area contributed by atoms with E-state index in [4.69, 9.17) is 0 Å². The fourth-order valence-corrected chi connectivity index (χ4v) is 2.45. The Morgan fingerprint density at radius 2 is 2.28 bits per heavy atom. The number of nitrogens with zero attached hydrogens (tertiary/aromatic N) is 2. The molecule has 1 unspecified atom stereocenters. The van der Waals surface area contributed by atoms with Crippen LogP contribution in [0.2, 0.25) is 0 Å². The van der Waals surface area contributed by atoms with Crippen LogP contribution < -0.4 is 5.32 Å². The fraction of sp³-hybridized carbons (Fsp3) is 0.357. The van der Waals surface area contributed by atoms with Gasteiger partial charge in [0, 0.05) is 22.9 Å². The van der Waals surface area contributed by atoms with Crippen LogP contribution in [0.25, 0.3) is 5.69 Å². The van der Waals surface area contributed by atoms with E-state index in [1.54, 1.807) is 6.20 Å². The van der Waals surface area contributed by atoms with E-state index in [0.717, 1.165) is 23.1 Å². The lowest BCUT2D eigenvalue weighted by molar-refractivity contribution is 0.570. The molecule has 4 heteroatoms. The lowest BCUT2D eigenvalue weighted by atomic mass is 10.1. The molecule has 0 fully saturated rings. The second-order valence-corrected chi connectivity index (χ2v) is 5.19. The number of halogens is 1. The molecule has 2 rings (SSSR count). The number of benzene rings is 1. The predicted molar refractivity (Wildman–Crippen MR) is 78.0 cm³/mol. The van der Waals surface area contributed by atoms with Gasteiger partial charge < -0.3 is 5.32 Å². The van der Waals surface area contributed by atoms with Crippen LogP contribution in [0.5, 0.6) is 0 Å². The van der Waals surface area contributed by atoms with Gasteiger partial charge in [-0.1, -0.05) is 13.0 Å². The van der Waals surface area contributed by atoms with Crippen LogP contribution in [0.3, 0.4) is 0 Å². The van der Waals surface area contributed by atoms with Gasteiger partial charge in [0.2, 0.25) is 0 Å². The van der Waals surface area contributed by atoms with E-state index in [-0.39, 0.29) is 0 Å². The highest BCUT2D eigenvalue weighted by Crippen LogP contribution is 2.24. The summed E-state index contributed by atoms with van der Waals surface area (Å²) in [6.07, 6.45) is 4.88. The van der Waals surface area contributed by atoms with Gasteiger partial charge in [-0.2, -0.15) is 5.10 Å². The van der Waals surface area contributed by atoms with Crippen LogP contribution in [0.4, 0.5) is 0 Å². The van der Waals surface area contributed by atoms with Crippen LogP contribution in [0.1, 0.15) is 31.9 Å². The molecular weight excluding hydrogens is 290 g/mol. The van der Waals surface area contributed by atoms with Crippen molar-refractivity contribution in [3.63, 3.8) is 0 Å². The smallest absolute Gasteiger partial charge is 0.0787 e. The molecule has 0 spiro atoms. The van der Waals surface area contributed by atoms with Crippen molar-refractivity contribution in [2.75, 3.05) is 6.54 Å². The van der Waals surface area contributed by atoms with Gasteiger partial charge in [0.1, 0.15) is 0 Å². The van der Waals surface area contributed by atoms with Crippen LogP contribution in [0.15, 0.2) is 41.1 Å². The van der Waals surface area contributed by atoms with Crippen molar-refractivity contribution in [2.24, 2.45) is 0 Å². The number of hydrogen-bond acceptors (Lipinski definition) is 2. The third-order valence-electron chi connectivity index (χ3n) is 2.92. The van der Waals surface area contributed by atoms with Crippen molar-refractivity contribution in [3.05, 3.63) is 46.7 Å². The molecule has 0 aliphatic carbocycles. The normalized spacial score (nSPS) is 12.6. The van der Waals surface area contributed by atoms with Crippen LogP contribution >= 0.6 is 15.9 Å². The largest absolute Gasteiger partial charge is 0.310 e. The minimum atomic E-state index is 0.368. The van der Waals surface area contributed by atoms with E-state index in [1.165, 1.54) is 5.56 Å². The highest BCUT2D eigenvalue weighted by atomic mass is 79.9. The van der Waals surface area contributed by atoms with E-state index in [0.29, 0.717) is 6.04 Å². The highest BCUT2D eigenvalue weighted by molar-refractivity contribution is 9.10. The van der Waals surface area contributed by atoms with E-state index in [2.05, 4.69) is 58.4 Å². The summed E-state index contributed by atoms with van der Waals surface area (Å²) in [4.78, 5) is 0. The number of hydrogen-bond donors (Lipinski definition) is 1. The minimum Gasteiger partial charge on any atom is -0.310 e. The van der Waals surface area contributed by atoms with Gasteiger partial charge in [-0.25, -0.2) is 4.68 Å². The Bertz CT molecular complexity index is 494. The Hall–Kier alpha value is -1.13. The summed E-state index contributed by atoms with van der Waals surface area (Å²) in [5, 5.41) is 7.73.